The Bertz CT molecular complexity index is 648. The molecule has 122 valence electrons. The van der Waals surface area contributed by atoms with Crippen LogP contribution in [0.1, 0.15) is 16.9 Å². The quantitative estimate of drug-likeness (QED) is 0.759. The van der Waals surface area contributed by atoms with Gasteiger partial charge in [0, 0.05) is 36.3 Å². The van der Waals surface area contributed by atoms with E-state index in [-0.39, 0.29) is 24.0 Å². The van der Waals surface area contributed by atoms with Gasteiger partial charge in [0.2, 0.25) is 5.91 Å². The van der Waals surface area contributed by atoms with Gasteiger partial charge < -0.3 is 9.64 Å². The number of methoxy groups -OCH3 is 1. The molecule has 0 saturated heterocycles. The Hall–Kier alpha value is -1.18. The Kier molecular flexibility index (Phi) is 5.77. The van der Waals surface area contributed by atoms with Crippen LogP contribution in [0.25, 0.3) is 0 Å². The summed E-state index contributed by atoms with van der Waals surface area (Å²) in [5.74, 6) is -0.210. The number of carbonyl (C=O) groups excluding carboxylic acids is 1. The van der Waals surface area contributed by atoms with Crippen LogP contribution in [0.3, 0.4) is 0 Å². The van der Waals surface area contributed by atoms with Crippen LogP contribution in [0.5, 0.6) is 0 Å². The van der Waals surface area contributed by atoms with Gasteiger partial charge in [-0.1, -0.05) is 6.08 Å². The Balaban J connectivity index is 2.00. The fourth-order valence-electron chi connectivity index (χ4n) is 2.35. The lowest BCUT2D eigenvalue weighted by Gasteiger charge is -2.23. The summed E-state index contributed by atoms with van der Waals surface area (Å²) in [6.07, 6.45) is 1.85. The summed E-state index contributed by atoms with van der Waals surface area (Å²) in [7, 11) is -1.51. The molecule has 7 heteroatoms. The van der Waals surface area contributed by atoms with Gasteiger partial charge in [0.1, 0.15) is 0 Å². The molecule has 1 aliphatic heterocycles. The minimum atomic E-state index is -3.11. The highest BCUT2D eigenvalue weighted by molar-refractivity contribution is 7.94. The number of sulfone groups is 1. The Morgan fingerprint density at radius 1 is 1.50 bits per heavy atom. The van der Waals surface area contributed by atoms with E-state index in [9.17, 15) is 13.2 Å². The molecule has 0 aliphatic carbocycles. The fraction of sp³-hybridized carbons (Fsp3) is 0.533. The van der Waals surface area contributed by atoms with E-state index >= 15 is 0 Å². The Labute approximate surface area is 135 Å². The zero-order valence-electron chi connectivity index (χ0n) is 12.8. The second-order valence-corrected chi connectivity index (χ2v) is 8.39. The van der Waals surface area contributed by atoms with Crippen molar-refractivity contribution in [2.24, 2.45) is 5.92 Å². The predicted octanol–water partition coefficient (Wildman–Crippen LogP) is 1.98. The van der Waals surface area contributed by atoms with E-state index in [4.69, 9.17) is 4.74 Å². The number of ether oxygens (including phenoxy) is 1. The van der Waals surface area contributed by atoms with E-state index in [0.29, 0.717) is 19.7 Å². The minimum absolute atomic E-state index is 0.0309. The van der Waals surface area contributed by atoms with Crippen LogP contribution < -0.4 is 0 Å². The molecule has 1 aromatic heterocycles. The lowest BCUT2D eigenvalue weighted by Crippen LogP contribution is -2.34. The summed E-state index contributed by atoms with van der Waals surface area (Å²) in [4.78, 5) is 15.4. The van der Waals surface area contributed by atoms with E-state index in [1.165, 1.54) is 11.0 Å². The van der Waals surface area contributed by atoms with Gasteiger partial charge >= 0.3 is 0 Å². The van der Waals surface area contributed by atoms with Gasteiger partial charge in [-0.25, -0.2) is 8.42 Å². The molecule has 0 unspecified atom stereocenters. The van der Waals surface area contributed by atoms with Gasteiger partial charge in [-0.15, -0.1) is 11.3 Å². The molecule has 2 rings (SSSR count). The maximum atomic E-state index is 12.5. The van der Waals surface area contributed by atoms with Gasteiger partial charge in [-0.05, 0) is 23.9 Å². The highest BCUT2D eigenvalue weighted by Crippen LogP contribution is 2.22. The van der Waals surface area contributed by atoms with E-state index in [0.717, 1.165) is 4.88 Å². The number of hydrogen-bond acceptors (Lipinski definition) is 5. The smallest absolute Gasteiger partial charge is 0.223 e. The fourth-order valence-corrected chi connectivity index (χ4v) is 4.67. The molecule has 1 aliphatic rings. The third kappa shape index (κ3) is 4.66. The summed E-state index contributed by atoms with van der Waals surface area (Å²) >= 11 is 1.63. The first-order chi connectivity index (χ1) is 10.4. The van der Waals surface area contributed by atoms with Crippen LogP contribution in [-0.4, -0.2) is 45.2 Å². The molecule has 1 amide bonds. The number of aryl methyl sites for hydroxylation is 1. The minimum Gasteiger partial charge on any atom is -0.383 e. The molecular formula is C15H21NO4S2. The molecule has 0 spiro atoms. The van der Waals surface area contributed by atoms with Gasteiger partial charge in [0.15, 0.2) is 9.84 Å². The number of thiophene rings is 1. The normalized spacial score (nSPS) is 19.5. The molecule has 22 heavy (non-hydrogen) atoms. The Morgan fingerprint density at radius 2 is 2.27 bits per heavy atom. The van der Waals surface area contributed by atoms with Gasteiger partial charge in [0.25, 0.3) is 0 Å². The summed E-state index contributed by atoms with van der Waals surface area (Å²) in [6.45, 7) is 3.55. The summed E-state index contributed by atoms with van der Waals surface area (Å²) in [5.41, 5.74) is 1.17. The monoisotopic (exact) mass is 343 g/mol. The first kappa shape index (κ1) is 17.2. The average Bonchev–Trinajstić information content (AvgIpc) is 3.00. The number of nitrogens with zero attached hydrogens (tertiary/aromatic N) is 1. The maximum absolute atomic E-state index is 12.5. The summed E-state index contributed by atoms with van der Waals surface area (Å²) < 4.78 is 27.9. The molecule has 5 nitrogen and oxygen atoms in total. The molecule has 1 aromatic rings. The van der Waals surface area contributed by atoms with E-state index in [1.54, 1.807) is 29.4 Å². The molecule has 0 N–H and O–H groups in total. The standard InChI is InChI=1S/C15H21NO4S2/c1-12-3-7-21-14(12)10-16(5-6-20-2)15(17)9-13-4-8-22(18,19)11-13/h3-4,7-8,13H,5-6,9-11H2,1-2H3/t13-/m0/s1. The summed E-state index contributed by atoms with van der Waals surface area (Å²) in [5, 5.41) is 3.23. The van der Waals surface area contributed by atoms with Gasteiger partial charge in [-0.2, -0.15) is 0 Å². The van der Waals surface area contributed by atoms with Gasteiger partial charge in [0.05, 0.1) is 18.9 Å². The van der Waals surface area contributed by atoms with Crippen molar-refractivity contribution in [2.45, 2.75) is 19.9 Å². The molecule has 0 radical (unpaired) electrons. The van der Waals surface area contributed by atoms with Crippen molar-refractivity contribution in [3.8, 4) is 0 Å². The van der Waals surface area contributed by atoms with Gasteiger partial charge in [-0.3, -0.25) is 4.79 Å². The number of allylic oxidation sites excluding steroid dienone is 1. The second kappa shape index (κ2) is 7.39. The number of carbonyl (C=O) groups is 1. The molecule has 0 bridgehead atoms. The highest BCUT2D eigenvalue weighted by Gasteiger charge is 2.26. The lowest BCUT2D eigenvalue weighted by atomic mass is 10.1. The van der Waals surface area contributed by atoms with Crippen LogP contribution >= 0.6 is 11.3 Å². The van der Waals surface area contributed by atoms with Crippen LogP contribution in [-0.2, 0) is 25.9 Å². The molecule has 0 fully saturated rings. The zero-order chi connectivity index (χ0) is 16.2. The molecular weight excluding hydrogens is 322 g/mol. The average molecular weight is 343 g/mol. The number of hydrogen-bond donors (Lipinski definition) is 0. The second-order valence-electron chi connectivity index (χ2n) is 5.46. The molecule has 0 aromatic carbocycles. The van der Waals surface area contributed by atoms with Crippen molar-refractivity contribution >= 4 is 27.1 Å². The van der Waals surface area contributed by atoms with Crippen LogP contribution in [0.2, 0.25) is 0 Å². The van der Waals surface area contributed by atoms with Crippen molar-refractivity contribution in [3.63, 3.8) is 0 Å². The van der Waals surface area contributed by atoms with Crippen molar-refractivity contribution in [3.05, 3.63) is 33.4 Å². The first-order valence-corrected chi connectivity index (χ1v) is 9.71. The van der Waals surface area contributed by atoms with E-state index in [2.05, 4.69) is 0 Å². The predicted molar refractivity (Wildman–Crippen MR) is 87.4 cm³/mol. The number of amides is 1. The van der Waals surface area contributed by atoms with Crippen molar-refractivity contribution in [1.82, 2.24) is 4.90 Å². The van der Waals surface area contributed by atoms with Crippen molar-refractivity contribution in [1.29, 1.82) is 0 Å². The van der Waals surface area contributed by atoms with Crippen LogP contribution in [0.4, 0.5) is 0 Å². The largest absolute Gasteiger partial charge is 0.383 e. The topological polar surface area (TPSA) is 63.7 Å². The SMILES string of the molecule is COCCN(Cc1sccc1C)C(=O)C[C@@H]1C=CS(=O)(=O)C1. The van der Waals surface area contributed by atoms with Crippen molar-refractivity contribution in [2.75, 3.05) is 26.0 Å². The zero-order valence-corrected chi connectivity index (χ0v) is 14.5. The third-order valence-corrected chi connectivity index (χ3v) is 6.13. The lowest BCUT2D eigenvalue weighted by molar-refractivity contribution is -0.133. The molecule has 2 heterocycles. The highest BCUT2D eigenvalue weighted by atomic mass is 32.2. The molecule has 1 atom stereocenters. The Morgan fingerprint density at radius 3 is 2.82 bits per heavy atom. The summed E-state index contributed by atoms with van der Waals surface area (Å²) in [6, 6.07) is 2.03. The third-order valence-electron chi connectivity index (χ3n) is 3.66. The van der Waals surface area contributed by atoms with E-state index < -0.39 is 9.84 Å². The number of rotatable bonds is 7. The van der Waals surface area contributed by atoms with Crippen molar-refractivity contribution < 1.29 is 17.9 Å². The maximum Gasteiger partial charge on any atom is 0.223 e. The van der Waals surface area contributed by atoms with Crippen LogP contribution in [0, 0.1) is 12.8 Å². The van der Waals surface area contributed by atoms with E-state index in [1.807, 2.05) is 18.4 Å². The van der Waals surface area contributed by atoms with Crippen LogP contribution in [0.15, 0.2) is 22.9 Å². The first-order valence-electron chi connectivity index (χ1n) is 7.12. The molecule has 0 saturated carbocycles.